The van der Waals surface area contributed by atoms with Crippen molar-refractivity contribution in [1.82, 2.24) is 5.32 Å². The summed E-state index contributed by atoms with van der Waals surface area (Å²) in [4.78, 5) is 11.3. The SMILES string of the molecule is CCCCCCCC(=O)NCCC(N)=NO. The van der Waals surface area contributed by atoms with E-state index in [-0.39, 0.29) is 11.7 Å². The average Bonchev–Trinajstić information content (AvgIpc) is 2.28. The Labute approximate surface area is 97.1 Å². The zero-order chi connectivity index (χ0) is 12.2. The fourth-order valence-corrected chi connectivity index (χ4v) is 1.36. The highest BCUT2D eigenvalue weighted by Crippen LogP contribution is 2.04. The molecule has 0 aliphatic rings. The van der Waals surface area contributed by atoms with Gasteiger partial charge in [0.25, 0.3) is 0 Å². The molecular formula is C11H23N3O2. The van der Waals surface area contributed by atoms with Gasteiger partial charge in [-0.1, -0.05) is 37.8 Å². The smallest absolute Gasteiger partial charge is 0.220 e. The fourth-order valence-electron chi connectivity index (χ4n) is 1.36. The van der Waals surface area contributed by atoms with Crippen LogP contribution in [0.1, 0.15) is 51.9 Å². The minimum Gasteiger partial charge on any atom is -0.409 e. The van der Waals surface area contributed by atoms with Crippen molar-refractivity contribution in [2.45, 2.75) is 51.9 Å². The van der Waals surface area contributed by atoms with Gasteiger partial charge < -0.3 is 16.3 Å². The van der Waals surface area contributed by atoms with Crippen LogP contribution in [-0.4, -0.2) is 23.5 Å². The van der Waals surface area contributed by atoms with Gasteiger partial charge in [-0.3, -0.25) is 4.79 Å². The lowest BCUT2D eigenvalue weighted by Crippen LogP contribution is -2.27. The van der Waals surface area contributed by atoms with Gasteiger partial charge in [0.1, 0.15) is 5.84 Å². The molecule has 0 unspecified atom stereocenters. The van der Waals surface area contributed by atoms with Gasteiger partial charge in [-0.25, -0.2) is 0 Å². The number of nitrogens with two attached hydrogens (primary N) is 1. The van der Waals surface area contributed by atoms with Gasteiger partial charge in [0.05, 0.1) is 0 Å². The fraction of sp³-hybridized carbons (Fsp3) is 0.818. The van der Waals surface area contributed by atoms with Crippen molar-refractivity contribution in [3.05, 3.63) is 0 Å². The molecule has 0 rings (SSSR count). The van der Waals surface area contributed by atoms with E-state index in [4.69, 9.17) is 10.9 Å². The molecule has 0 fully saturated rings. The van der Waals surface area contributed by atoms with Crippen LogP contribution >= 0.6 is 0 Å². The van der Waals surface area contributed by atoms with Crippen molar-refractivity contribution in [2.75, 3.05) is 6.54 Å². The largest absolute Gasteiger partial charge is 0.409 e. The predicted molar refractivity (Wildman–Crippen MR) is 64.4 cm³/mol. The molecule has 0 aromatic heterocycles. The summed E-state index contributed by atoms with van der Waals surface area (Å²) >= 11 is 0. The predicted octanol–water partition coefficient (Wildman–Crippen LogP) is 1.60. The highest BCUT2D eigenvalue weighted by molar-refractivity contribution is 5.81. The first kappa shape index (κ1) is 14.7. The quantitative estimate of drug-likeness (QED) is 0.184. The number of oxime groups is 1. The molecule has 5 nitrogen and oxygen atoms in total. The third kappa shape index (κ3) is 9.30. The molecule has 0 radical (unpaired) electrons. The Hall–Kier alpha value is -1.26. The maximum atomic E-state index is 11.3. The summed E-state index contributed by atoms with van der Waals surface area (Å²) in [6.45, 7) is 2.60. The summed E-state index contributed by atoms with van der Waals surface area (Å²) in [5.74, 6) is 0.186. The summed E-state index contributed by atoms with van der Waals surface area (Å²) in [6.07, 6.45) is 6.67. The normalized spacial score (nSPS) is 11.4. The van der Waals surface area contributed by atoms with Crippen LogP contribution in [0, 0.1) is 0 Å². The molecule has 5 heteroatoms. The van der Waals surface area contributed by atoms with Crippen LogP contribution in [0.4, 0.5) is 0 Å². The lowest BCUT2D eigenvalue weighted by molar-refractivity contribution is -0.121. The molecule has 0 bridgehead atoms. The van der Waals surface area contributed by atoms with E-state index in [1.807, 2.05) is 0 Å². The highest BCUT2D eigenvalue weighted by atomic mass is 16.4. The van der Waals surface area contributed by atoms with E-state index in [9.17, 15) is 4.79 Å². The van der Waals surface area contributed by atoms with Crippen LogP contribution in [0.15, 0.2) is 5.16 Å². The minimum absolute atomic E-state index is 0.0437. The number of rotatable bonds is 9. The summed E-state index contributed by atoms with van der Waals surface area (Å²) in [7, 11) is 0. The first-order chi connectivity index (χ1) is 7.70. The Morgan fingerprint density at radius 3 is 2.56 bits per heavy atom. The molecule has 94 valence electrons. The number of unbranched alkanes of at least 4 members (excludes halogenated alkanes) is 4. The standard InChI is InChI=1S/C11H23N3O2/c1-2-3-4-5-6-7-11(15)13-9-8-10(12)14-16/h16H,2-9H2,1H3,(H2,12,14)(H,13,15). The molecule has 0 heterocycles. The average molecular weight is 229 g/mol. The molecule has 0 atom stereocenters. The second-order valence-corrected chi connectivity index (χ2v) is 3.86. The van der Waals surface area contributed by atoms with Crippen LogP contribution < -0.4 is 11.1 Å². The van der Waals surface area contributed by atoms with E-state index >= 15 is 0 Å². The third-order valence-electron chi connectivity index (χ3n) is 2.34. The number of amides is 1. The number of hydrogen-bond acceptors (Lipinski definition) is 3. The van der Waals surface area contributed by atoms with Gasteiger partial charge in [-0.05, 0) is 6.42 Å². The van der Waals surface area contributed by atoms with E-state index < -0.39 is 0 Å². The Kier molecular flexibility index (Phi) is 9.46. The Balaban J connectivity index is 3.31. The third-order valence-corrected chi connectivity index (χ3v) is 2.34. The second kappa shape index (κ2) is 10.3. The number of nitrogens with zero attached hydrogens (tertiary/aromatic N) is 1. The molecule has 0 aromatic carbocycles. The number of amidine groups is 1. The molecular weight excluding hydrogens is 206 g/mol. The first-order valence-corrected chi connectivity index (χ1v) is 5.93. The number of carbonyl (C=O) groups excluding carboxylic acids is 1. The van der Waals surface area contributed by atoms with Gasteiger partial charge in [0, 0.05) is 19.4 Å². The molecule has 0 aliphatic carbocycles. The van der Waals surface area contributed by atoms with Crippen LogP contribution in [-0.2, 0) is 4.79 Å². The monoisotopic (exact) mass is 229 g/mol. The summed E-state index contributed by atoms with van der Waals surface area (Å²) in [6, 6.07) is 0. The maximum Gasteiger partial charge on any atom is 0.220 e. The molecule has 4 N–H and O–H groups in total. The zero-order valence-corrected chi connectivity index (χ0v) is 10.0. The van der Waals surface area contributed by atoms with E-state index in [2.05, 4.69) is 17.4 Å². The summed E-state index contributed by atoms with van der Waals surface area (Å²) in [5.41, 5.74) is 5.26. The highest BCUT2D eigenvalue weighted by Gasteiger charge is 2.01. The van der Waals surface area contributed by atoms with Crippen molar-refractivity contribution in [2.24, 2.45) is 10.9 Å². The topological polar surface area (TPSA) is 87.7 Å². The van der Waals surface area contributed by atoms with Gasteiger partial charge >= 0.3 is 0 Å². The Morgan fingerprint density at radius 1 is 1.25 bits per heavy atom. The summed E-state index contributed by atoms with van der Waals surface area (Å²) in [5, 5.41) is 13.8. The van der Waals surface area contributed by atoms with Gasteiger partial charge in [-0.15, -0.1) is 0 Å². The van der Waals surface area contributed by atoms with Crippen molar-refractivity contribution in [1.29, 1.82) is 0 Å². The van der Waals surface area contributed by atoms with Crippen LogP contribution in [0.3, 0.4) is 0 Å². The van der Waals surface area contributed by atoms with Crippen LogP contribution in [0.25, 0.3) is 0 Å². The Morgan fingerprint density at radius 2 is 1.94 bits per heavy atom. The van der Waals surface area contributed by atoms with Crippen molar-refractivity contribution in [3.63, 3.8) is 0 Å². The van der Waals surface area contributed by atoms with Crippen molar-refractivity contribution in [3.8, 4) is 0 Å². The summed E-state index contributed by atoms with van der Waals surface area (Å²) < 4.78 is 0. The van der Waals surface area contributed by atoms with Gasteiger partial charge in [-0.2, -0.15) is 0 Å². The number of carbonyl (C=O) groups is 1. The van der Waals surface area contributed by atoms with E-state index in [1.165, 1.54) is 19.3 Å². The molecule has 0 aromatic rings. The number of hydrogen-bond donors (Lipinski definition) is 3. The van der Waals surface area contributed by atoms with Gasteiger partial charge in [0.15, 0.2) is 0 Å². The molecule has 0 aliphatic heterocycles. The zero-order valence-electron chi connectivity index (χ0n) is 10.0. The molecule has 0 saturated heterocycles. The van der Waals surface area contributed by atoms with E-state index in [0.717, 1.165) is 12.8 Å². The van der Waals surface area contributed by atoms with Crippen LogP contribution in [0.2, 0.25) is 0 Å². The number of nitrogens with one attached hydrogen (secondary N) is 1. The van der Waals surface area contributed by atoms with Crippen molar-refractivity contribution >= 4 is 11.7 Å². The van der Waals surface area contributed by atoms with Gasteiger partial charge in [0.2, 0.25) is 5.91 Å². The van der Waals surface area contributed by atoms with E-state index in [1.54, 1.807) is 0 Å². The lowest BCUT2D eigenvalue weighted by Gasteiger charge is -2.04. The lowest BCUT2D eigenvalue weighted by atomic mass is 10.1. The molecule has 1 amide bonds. The molecule has 16 heavy (non-hydrogen) atoms. The van der Waals surface area contributed by atoms with Crippen LogP contribution in [0.5, 0.6) is 0 Å². The first-order valence-electron chi connectivity index (χ1n) is 5.93. The van der Waals surface area contributed by atoms with Crippen molar-refractivity contribution < 1.29 is 10.0 Å². The maximum absolute atomic E-state index is 11.3. The van der Waals surface area contributed by atoms with E-state index in [0.29, 0.717) is 19.4 Å². The second-order valence-electron chi connectivity index (χ2n) is 3.86. The molecule has 0 saturated carbocycles. The Bertz CT molecular complexity index is 217. The minimum atomic E-state index is 0.0437. The molecule has 0 spiro atoms.